The third-order valence-corrected chi connectivity index (χ3v) is 5.52. The SMILES string of the molecule is O=C(CCC(=O)N1CCc2ccccc2C1)N1CCc2ccccc2C1. The van der Waals surface area contributed by atoms with E-state index in [1.54, 1.807) is 0 Å². The summed E-state index contributed by atoms with van der Waals surface area (Å²) in [6, 6.07) is 16.6. The average molecular weight is 348 g/mol. The van der Waals surface area contributed by atoms with E-state index in [4.69, 9.17) is 0 Å². The highest BCUT2D eigenvalue weighted by molar-refractivity contribution is 5.84. The molecule has 2 heterocycles. The molecule has 0 atom stereocenters. The molecule has 0 aliphatic carbocycles. The Bertz CT molecular complexity index is 761. The first-order chi connectivity index (χ1) is 12.7. The number of amides is 2. The highest BCUT2D eigenvalue weighted by Gasteiger charge is 2.24. The van der Waals surface area contributed by atoms with Gasteiger partial charge < -0.3 is 9.80 Å². The van der Waals surface area contributed by atoms with Crippen molar-refractivity contribution in [1.82, 2.24) is 9.80 Å². The monoisotopic (exact) mass is 348 g/mol. The Morgan fingerprint density at radius 3 is 1.46 bits per heavy atom. The van der Waals surface area contributed by atoms with Gasteiger partial charge in [-0.15, -0.1) is 0 Å². The zero-order chi connectivity index (χ0) is 17.9. The number of benzene rings is 2. The van der Waals surface area contributed by atoms with Crippen molar-refractivity contribution in [2.45, 2.75) is 38.8 Å². The summed E-state index contributed by atoms with van der Waals surface area (Å²) in [5.41, 5.74) is 5.12. The van der Waals surface area contributed by atoms with E-state index in [-0.39, 0.29) is 11.8 Å². The number of fused-ring (bicyclic) bond motifs is 2. The second kappa shape index (κ2) is 7.32. The van der Waals surface area contributed by atoms with Crippen LogP contribution in [0.1, 0.15) is 35.1 Å². The van der Waals surface area contributed by atoms with E-state index >= 15 is 0 Å². The molecule has 0 fully saturated rings. The fraction of sp³-hybridized carbons (Fsp3) is 0.364. The lowest BCUT2D eigenvalue weighted by molar-refractivity contribution is -0.138. The summed E-state index contributed by atoms with van der Waals surface area (Å²) in [5, 5.41) is 0. The summed E-state index contributed by atoms with van der Waals surface area (Å²) in [4.78, 5) is 28.9. The maximum absolute atomic E-state index is 12.5. The molecule has 2 aliphatic rings. The van der Waals surface area contributed by atoms with Crippen molar-refractivity contribution in [2.24, 2.45) is 0 Å². The van der Waals surface area contributed by atoms with Gasteiger partial charge in [0.2, 0.25) is 11.8 Å². The van der Waals surface area contributed by atoms with Crippen LogP contribution in [0, 0.1) is 0 Å². The number of carbonyl (C=O) groups excluding carboxylic acids is 2. The Morgan fingerprint density at radius 2 is 1.04 bits per heavy atom. The van der Waals surface area contributed by atoms with Crippen LogP contribution in [0.25, 0.3) is 0 Å². The van der Waals surface area contributed by atoms with Gasteiger partial charge in [-0.2, -0.15) is 0 Å². The second-order valence-electron chi connectivity index (χ2n) is 7.17. The number of nitrogens with zero attached hydrogens (tertiary/aromatic N) is 2. The summed E-state index contributed by atoms with van der Waals surface area (Å²) < 4.78 is 0. The van der Waals surface area contributed by atoms with Gasteiger partial charge in [-0.25, -0.2) is 0 Å². The minimum atomic E-state index is 0.0882. The van der Waals surface area contributed by atoms with Crippen LogP contribution in [0.4, 0.5) is 0 Å². The summed E-state index contributed by atoms with van der Waals surface area (Å²) in [6.45, 7) is 2.84. The van der Waals surface area contributed by atoms with Crippen LogP contribution >= 0.6 is 0 Å². The lowest BCUT2D eigenvalue weighted by atomic mass is 9.99. The van der Waals surface area contributed by atoms with Gasteiger partial charge in [-0.05, 0) is 35.1 Å². The summed E-state index contributed by atoms with van der Waals surface area (Å²) >= 11 is 0. The van der Waals surface area contributed by atoms with Crippen LogP contribution in [0.15, 0.2) is 48.5 Å². The molecule has 2 amide bonds. The van der Waals surface area contributed by atoms with Crippen molar-refractivity contribution in [1.29, 1.82) is 0 Å². The molecule has 0 aromatic heterocycles. The molecule has 0 unspecified atom stereocenters. The molecule has 0 spiro atoms. The molecule has 26 heavy (non-hydrogen) atoms. The van der Waals surface area contributed by atoms with Gasteiger partial charge in [-0.3, -0.25) is 9.59 Å². The number of hydrogen-bond donors (Lipinski definition) is 0. The van der Waals surface area contributed by atoms with E-state index in [2.05, 4.69) is 24.3 Å². The predicted molar refractivity (Wildman–Crippen MR) is 100 cm³/mol. The molecule has 0 saturated carbocycles. The standard InChI is InChI=1S/C22H24N2O2/c25-21(23-13-11-17-5-1-3-7-19(17)15-23)9-10-22(26)24-14-12-18-6-2-4-8-20(18)16-24/h1-8H,9-16H2. The molecule has 4 rings (SSSR count). The summed E-state index contributed by atoms with van der Waals surface area (Å²) in [7, 11) is 0. The summed E-state index contributed by atoms with van der Waals surface area (Å²) in [6.07, 6.45) is 2.41. The van der Waals surface area contributed by atoms with Gasteiger partial charge in [0, 0.05) is 39.0 Å². The molecule has 2 aliphatic heterocycles. The third kappa shape index (κ3) is 3.50. The van der Waals surface area contributed by atoms with Crippen molar-refractivity contribution >= 4 is 11.8 Å². The van der Waals surface area contributed by atoms with E-state index in [1.165, 1.54) is 22.3 Å². The molecule has 0 bridgehead atoms. The lowest BCUT2D eigenvalue weighted by Crippen LogP contribution is -2.38. The number of carbonyl (C=O) groups is 2. The van der Waals surface area contributed by atoms with Gasteiger partial charge in [0.1, 0.15) is 0 Å². The van der Waals surface area contributed by atoms with Crippen molar-refractivity contribution in [3.05, 3.63) is 70.8 Å². The fourth-order valence-electron chi connectivity index (χ4n) is 3.95. The highest BCUT2D eigenvalue weighted by Crippen LogP contribution is 2.21. The second-order valence-corrected chi connectivity index (χ2v) is 7.17. The Hall–Kier alpha value is -2.62. The van der Waals surface area contributed by atoms with Crippen LogP contribution < -0.4 is 0 Å². The van der Waals surface area contributed by atoms with Crippen molar-refractivity contribution in [3.63, 3.8) is 0 Å². The first-order valence-electron chi connectivity index (χ1n) is 9.40. The summed E-state index contributed by atoms with van der Waals surface area (Å²) in [5.74, 6) is 0.176. The first-order valence-corrected chi connectivity index (χ1v) is 9.40. The largest absolute Gasteiger partial charge is 0.338 e. The minimum Gasteiger partial charge on any atom is -0.338 e. The Kier molecular flexibility index (Phi) is 4.74. The zero-order valence-electron chi connectivity index (χ0n) is 15.0. The fourth-order valence-corrected chi connectivity index (χ4v) is 3.95. The topological polar surface area (TPSA) is 40.6 Å². The lowest BCUT2D eigenvalue weighted by Gasteiger charge is -2.30. The first kappa shape index (κ1) is 16.8. The maximum atomic E-state index is 12.5. The zero-order valence-corrected chi connectivity index (χ0v) is 15.0. The Balaban J connectivity index is 1.30. The maximum Gasteiger partial charge on any atom is 0.223 e. The molecule has 4 heteroatoms. The van der Waals surface area contributed by atoms with Gasteiger partial charge in [-0.1, -0.05) is 48.5 Å². The quantitative estimate of drug-likeness (QED) is 0.856. The molecule has 4 nitrogen and oxygen atoms in total. The van der Waals surface area contributed by atoms with Crippen LogP contribution in [0.5, 0.6) is 0 Å². The molecule has 2 aromatic rings. The van der Waals surface area contributed by atoms with E-state index in [9.17, 15) is 9.59 Å². The Morgan fingerprint density at radius 1 is 0.654 bits per heavy atom. The van der Waals surface area contributed by atoms with Crippen LogP contribution in [0.3, 0.4) is 0 Å². The van der Waals surface area contributed by atoms with Crippen LogP contribution in [-0.2, 0) is 35.5 Å². The van der Waals surface area contributed by atoms with E-state index < -0.39 is 0 Å². The van der Waals surface area contributed by atoms with Gasteiger partial charge in [0.15, 0.2) is 0 Å². The van der Waals surface area contributed by atoms with Gasteiger partial charge >= 0.3 is 0 Å². The third-order valence-electron chi connectivity index (χ3n) is 5.52. The molecule has 134 valence electrons. The van der Waals surface area contributed by atoms with Crippen molar-refractivity contribution < 1.29 is 9.59 Å². The smallest absolute Gasteiger partial charge is 0.223 e. The molecule has 0 saturated heterocycles. The van der Waals surface area contributed by atoms with Gasteiger partial charge in [0.25, 0.3) is 0 Å². The normalized spacial score (nSPS) is 16.0. The van der Waals surface area contributed by atoms with Crippen molar-refractivity contribution in [3.8, 4) is 0 Å². The average Bonchev–Trinajstić information content (AvgIpc) is 2.71. The highest BCUT2D eigenvalue weighted by atomic mass is 16.2. The number of rotatable bonds is 3. The molecule has 0 radical (unpaired) electrons. The van der Waals surface area contributed by atoms with E-state index in [0.717, 1.165) is 25.9 Å². The Labute approximate surface area is 154 Å². The van der Waals surface area contributed by atoms with Crippen LogP contribution in [0.2, 0.25) is 0 Å². The van der Waals surface area contributed by atoms with E-state index in [1.807, 2.05) is 34.1 Å². The van der Waals surface area contributed by atoms with Crippen molar-refractivity contribution in [2.75, 3.05) is 13.1 Å². The molecule has 2 aromatic carbocycles. The molecular weight excluding hydrogens is 324 g/mol. The molecule has 0 N–H and O–H groups in total. The predicted octanol–water partition coefficient (Wildman–Crippen LogP) is 2.94. The number of hydrogen-bond acceptors (Lipinski definition) is 2. The van der Waals surface area contributed by atoms with Crippen LogP contribution in [-0.4, -0.2) is 34.7 Å². The molecular formula is C22H24N2O2. The van der Waals surface area contributed by atoms with Gasteiger partial charge in [0.05, 0.1) is 0 Å². The minimum absolute atomic E-state index is 0.0882. The van der Waals surface area contributed by atoms with E-state index in [0.29, 0.717) is 25.9 Å².